The lowest BCUT2D eigenvalue weighted by Gasteiger charge is -1.92. The molecule has 0 saturated heterocycles. The molecule has 0 atom stereocenters. The molecule has 0 aliphatic rings. The normalized spacial score (nSPS) is 10.7. The molecule has 3 heteroatoms. The van der Waals surface area contributed by atoms with Crippen molar-refractivity contribution < 1.29 is 0 Å². The molecular weight excluding hydrogens is 186 g/mol. The lowest BCUT2D eigenvalue weighted by molar-refractivity contribution is 1.13. The Hall–Kier alpha value is -2.16. The van der Waals surface area contributed by atoms with Gasteiger partial charge >= 0.3 is 0 Å². The van der Waals surface area contributed by atoms with Gasteiger partial charge in [-0.1, -0.05) is 30.3 Å². The van der Waals surface area contributed by atoms with E-state index in [1.54, 1.807) is 12.4 Å². The van der Waals surface area contributed by atoms with E-state index in [2.05, 4.69) is 22.1 Å². The van der Waals surface area contributed by atoms with Crippen molar-refractivity contribution in [3.05, 3.63) is 55.1 Å². The summed E-state index contributed by atoms with van der Waals surface area (Å²) in [7, 11) is 0. The number of hydrogen-bond acceptors (Lipinski definition) is 2. The highest BCUT2D eigenvalue weighted by Crippen LogP contribution is 2.17. The quantitative estimate of drug-likeness (QED) is 0.596. The van der Waals surface area contributed by atoms with Gasteiger partial charge in [0, 0.05) is 24.2 Å². The van der Waals surface area contributed by atoms with Crippen molar-refractivity contribution in [3.63, 3.8) is 0 Å². The average Bonchev–Trinajstić information content (AvgIpc) is 2.74. The maximum atomic E-state index is 4.48. The van der Waals surface area contributed by atoms with Crippen molar-refractivity contribution in [1.29, 1.82) is 0 Å². The van der Waals surface area contributed by atoms with Crippen LogP contribution in [0.4, 0.5) is 0 Å². The summed E-state index contributed by atoms with van der Waals surface area (Å²) >= 11 is 0. The van der Waals surface area contributed by atoms with Gasteiger partial charge in [0.2, 0.25) is 0 Å². The Morgan fingerprint density at radius 1 is 1.07 bits per heavy atom. The first-order chi connectivity index (χ1) is 7.43. The second-order valence-corrected chi connectivity index (χ2v) is 3.33. The number of aromatic nitrogens is 3. The topological polar surface area (TPSA) is 30.2 Å². The minimum absolute atomic E-state index is 0.872. The molecule has 2 aromatic heterocycles. The van der Waals surface area contributed by atoms with Gasteiger partial charge in [-0.2, -0.15) is 0 Å². The summed E-state index contributed by atoms with van der Waals surface area (Å²) in [5, 5.41) is 0. The highest BCUT2D eigenvalue weighted by molar-refractivity contribution is 5.61. The molecule has 2 heterocycles. The minimum Gasteiger partial charge on any atom is -0.304 e. The zero-order valence-electron chi connectivity index (χ0n) is 8.04. The molecule has 1 aromatic carbocycles. The maximum absolute atomic E-state index is 4.48. The van der Waals surface area contributed by atoms with Gasteiger partial charge in [-0.25, -0.2) is 4.98 Å². The first kappa shape index (κ1) is 8.17. The summed E-state index contributed by atoms with van der Waals surface area (Å²) in [6.07, 6.45) is 7.41. The number of fused-ring (bicyclic) bond motifs is 1. The molecule has 0 amide bonds. The number of benzene rings is 1. The first-order valence-electron chi connectivity index (χ1n) is 4.77. The molecular formula is C12H9N3. The van der Waals surface area contributed by atoms with Crippen LogP contribution in [0.15, 0.2) is 55.1 Å². The van der Waals surface area contributed by atoms with E-state index in [-0.39, 0.29) is 0 Å². The molecule has 3 nitrogen and oxygen atoms in total. The van der Waals surface area contributed by atoms with Crippen LogP contribution in [0.2, 0.25) is 0 Å². The van der Waals surface area contributed by atoms with E-state index < -0.39 is 0 Å². The summed E-state index contributed by atoms with van der Waals surface area (Å²) in [5.74, 6) is 0. The van der Waals surface area contributed by atoms with Crippen LogP contribution in [-0.2, 0) is 0 Å². The fourth-order valence-electron chi connectivity index (χ4n) is 1.59. The smallest absolute Gasteiger partial charge is 0.155 e. The van der Waals surface area contributed by atoms with Crippen molar-refractivity contribution in [2.45, 2.75) is 0 Å². The molecule has 0 saturated carbocycles. The monoisotopic (exact) mass is 195 g/mol. The predicted molar refractivity (Wildman–Crippen MR) is 58.4 cm³/mol. The Kier molecular flexibility index (Phi) is 1.75. The molecule has 0 bridgehead atoms. The largest absolute Gasteiger partial charge is 0.304 e. The Bertz CT molecular complexity index is 551. The Labute approximate surface area is 87.0 Å². The van der Waals surface area contributed by atoms with Gasteiger partial charge in [0.15, 0.2) is 5.65 Å². The van der Waals surface area contributed by atoms with Crippen LogP contribution in [0.25, 0.3) is 16.9 Å². The molecule has 0 spiro atoms. The highest BCUT2D eigenvalue weighted by atomic mass is 15.0. The average molecular weight is 195 g/mol. The van der Waals surface area contributed by atoms with E-state index in [0.717, 1.165) is 16.9 Å². The van der Waals surface area contributed by atoms with Crippen molar-refractivity contribution in [2.24, 2.45) is 0 Å². The summed E-state index contributed by atoms with van der Waals surface area (Å²) in [6.45, 7) is 0. The second-order valence-electron chi connectivity index (χ2n) is 3.33. The SMILES string of the molecule is c1ccc(-c2cn3ccncc3n2)cc1. The third-order valence-corrected chi connectivity index (χ3v) is 2.33. The number of nitrogens with zero attached hydrogens (tertiary/aromatic N) is 3. The summed E-state index contributed by atoms with van der Waals surface area (Å²) < 4.78 is 1.97. The van der Waals surface area contributed by atoms with Gasteiger partial charge < -0.3 is 4.40 Å². The maximum Gasteiger partial charge on any atom is 0.155 e. The van der Waals surface area contributed by atoms with Crippen LogP contribution in [0, 0.1) is 0 Å². The lowest BCUT2D eigenvalue weighted by atomic mass is 10.2. The number of rotatable bonds is 1. The fraction of sp³-hybridized carbons (Fsp3) is 0. The Morgan fingerprint density at radius 2 is 1.93 bits per heavy atom. The van der Waals surface area contributed by atoms with Crippen LogP contribution in [0.5, 0.6) is 0 Å². The third-order valence-electron chi connectivity index (χ3n) is 2.33. The van der Waals surface area contributed by atoms with E-state index in [4.69, 9.17) is 0 Å². The van der Waals surface area contributed by atoms with Crippen LogP contribution in [0.3, 0.4) is 0 Å². The van der Waals surface area contributed by atoms with Gasteiger partial charge in [0.05, 0.1) is 11.9 Å². The molecule has 0 aliphatic heterocycles. The third kappa shape index (κ3) is 1.38. The van der Waals surface area contributed by atoms with Crippen molar-refractivity contribution in [3.8, 4) is 11.3 Å². The molecule has 0 aliphatic carbocycles. The van der Waals surface area contributed by atoms with Gasteiger partial charge in [-0.3, -0.25) is 4.98 Å². The Balaban J connectivity index is 2.21. The van der Waals surface area contributed by atoms with E-state index in [9.17, 15) is 0 Å². The predicted octanol–water partition coefficient (Wildman–Crippen LogP) is 2.40. The van der Waals surface area contributed by atoms with E-state index >= 15 is 0 Å². The van der Waals surface area contributed by atoms with E-state index in [1.807, 2.05) is 35.0 Å². The zero-order valence-corrected chi connectivity index (χ0v) is 8.04. The lowest BCUT2D eigenvalue weighted by Crippen LogP contribution is -1.81. The zero-order chi connectivity index (χ0) is 10.1. The highest BCUT2D eigenvalue weighted by Gasteiger charge is 2.02. The van der Waals surface area contributed by atoms with Crippen molar-refractivity contribution >= 4 is 5.65 Å². The molecule has 3 rings (SSSR count). The van der Waals surface area contributed by atoms with Crippen LogP contribution in [0.1, 0.15) is 0 Å². The van der Waals surface area contributed by atoms with Gasteiger partial charge in [0.1, 0.15) is 0 Å². The van der Waals surface area contributed by atoms with Crippen molar-refractivity contribution in [1.82, 2.24) is 14.4 Å². The van der Waals surface area contributed by atoms with Gasteiger partial charge in [0.25, 0.3) is 0 Å². The molecule has 72 valence electrons. The summed E-state index contributed by atoms with van der Waals surface area (Å²) in [5.41, 5.74) is 2.97. The molecule has 0 fully saturated rings. The summed E-state index contributed by atoms with van der Waals surface area (Å²) in [6, 6.07) is 10.1. The van der Waals surface area contributed by atoms with Crippen molar-refractivity contribution in [2.75, 3.05) is 0 Å². The number of hydrogen-bond donors (Lipinski definition) is 0. The Morgan fingerprint density at radius 3 is 2.73 bits per heavy atom. The molecule has 0 unspecified atom stereocenters. The molecule has 3 aromatic rings. The standard InChI is InChI=1S/C12H9N3/c1-2-4-10(5-3-1)11-9-15-7-6-13-8-12(15)14-11/h1-9H. The van der Waals surface area contributed by atoms with Gasteiger partial charge in [-0.05, 0) is 0 Å². The molecule has 0 radical (unpaired) electrons. The molecule has 0 N–H and O–H groups in total. The van der Waals surface area contributed by atoms with Crippen LogP contribution < -0.4 is 0 Å². The second kappa shape index (κ2) is 3.20. The fourth-order valence-corrected chi connectivity index (χ4v) is 1.59. The first-order valence-corrected chi connectivity index (χ1v) is 4.77. The minimum atomic E-state index is 0.872. The van der Waals surface area contributed by atoms with Crippen LogP contribution >= 0.6 is 0 Å². The van der Waals surface area contributed by atoms with E-state index in [0.29, 0.717) is 0 Å². The van der Waals surface area contributed by atoms with E-state index in [1.165, 1.54) is 0 Å². The summed E-state index contributed by atoms with van der Waals surface area (Å²) in [4.78, 5) is 8.52. The number of imidazole rings is 1. The van der Waals surface area contributed by atoms with Gasteiger partial charge in [-0.15, -0.1) is 0 Å². The van der Waals surface area contributed by atoms with Crippen LogP contribution in [-0.4, -0.2) is 14.4 Å². The molecule has 15 heavy (non-hydrogen) atoms.